The van der Waals surface area contributed by atoms with Gasteiger partial charge in [0.15, 0.2) is 23.1 Å². The standard InChI is InChI=1S/C20H20FNO4/c1-3-22(12-15-5-7-17(24-2)16(21)10-15)20(23)9-6-14-4-8-18-19(11-14)26-13-25-18/h4-11H,3,12-13H2,1-2H3/b9-6+. The van der Waals surface area contributed by atoms with E-state index in [2.05, 4.69) is 0 Å². The van der Waals surface area contributed by atoms with E-state index < -0.39 is 5.82 Å². The Morgan fingerprint density at radius 3 is 2.77 bits per heavy atom. The number of halogens is 1. The zero-order valence-electron chi connectivity index (χ0n) is 14.7. The molecule has 1 heterocycles. The van der Waals surface area contributed by atoms with E-state index in [1.165, 1.54) is 19.3 Å². The number of amides is 1. The predicted molar refractivity (Wildman–Crippen MR) is 95.6 cm³/mol. The number of ether oxygens (including phenoxy) is 3. The highest BCUT2D eigenvalue weighted by Gasteiger charge is 2.14. The Kier molecular flexibility index (Phi) is 5.41. The fourth-order valence-electron chi connectivity index (χ4n) is 2.66. The second-order valence-electron chi connectivity index (χ2n) is 5.77. The molecule has 0 atom stereocenters. The summed E-state index contributed by atoms with van der Waals surface area (Å²) in [5, 5.41) is 0. The quantitative estimate of drug-likeness (QED) is 0.741. The summed E-state index contributed by atoms with van der Waals surface area (Å²) >= 11 is 0. The molecule has 3 rings (SSSR count). The molecule has 0 fully saturated rings. The van der Waals surface area contributed by atoms with Crippen LogP contribution in [-0.4, -0.2) is 31.3 Å². The Hall–Kier alpha value is -3.02. The number of likely N-dealkylation sites (N-methyl/N-ethyl adjacent to an activating group) is 1. The second-order valence-corrected chi connectivity index (χ2v) is 5.77. The molecular weight excluding hydrogens is 337 g/mol. The van der Waals surface area contributed by atoms with Gasteiger partial charge in [-0.3, -0.25) is 4.79 Å². The molecular formula is C20H20FNO4. The third kappa shape index (κ3) is 3.96. The van der Waals surface area contributed by atoms with Gasteiger partial charge in [-0.15, -0.1) is 0 Å². The maximum Gasteiger partial charge on any atom is 0.246 e. The van der Waals surface area contributed by atoms with Crippen molar-refractivity contribution in [1.29, 1.82) is 0 Å². The smallest absolute Gasteiger partial charge is 0.246 e. The minimum absolute atomic E-state index is 0.151. The molecule has 0 radical (unpaired) electrons. The van der Waals surface area contributed by atoms with Crippen LogP contribution in [0.25, 0.3) is 6.08 Å². The lowest BCUT2D eigenvalue weighted by Gasteiger charge is -2.19. The summed E-state index contributed by atoms with van der Waals surface area (Å²) in [6, 6.07) is 10.2. The van der Waals surface area contributed by atoms with Crippen LogP contribution in [0, 0.1) is 5.82 Å². The van der Waals surface area contributed by atoms with Gasteiger partial charge in [-0.05, 0) is 48.4 Å². The number of carbonyl (C=O) groups excluding carboxylic acids is 1. The first-order valence-electron chi connectivity index (χ1n) is 8.29. The highest BCUT2D eigenvalue weighted by molar-refractivity contribution is 5.91. The van der Waals surface area contributed by atoms with Crippen LogP contribution in [0.4, 0.5) is 4.39 Å². The normalized spacial score (nSPS) is 12.4. The number of benzene rings is 2. The van der Waals surface area contributed by atoms with E-state index >= 15 is 0 Å². The van der Waals surface area contributed by atoms with Gasteiger partial charge >= 0.3 is 0 Å². The first-order valence-corrected chi connectivity index (χ1v) is 8.29. The van der Waals surface area contributed by atoms with Crippen molar-refractivity contribution >= 4 is 12.0 Å². The van der Waals surface area contributed by atoms with E-state index in [-0.39, 0.29) is 18.4 Å². The van der Waals surface area contributed by atoms with Gasteiger partial charge in [0, 0.05) is 19.2 Å². The molecule has 1 amide bonds. The first-order chi connectivity index (χ1) is 12.6. The average molecular weight is 357 g/mol. The first kappa shape index (κ1) is 17.8. The van der Waals surface area contributed by atoms with Crippen molar-refractivity contribution in [3.8, 4) is 17.2 Å². The summed E-state index contributed by atoms with van der Waals surface area (Å²) in [6.07, 6.45) is 3.22. The molecule has 0 saturated carbocycles. The van der Waals surface area contributed by atoms with Crippen LogP contribution in [0.5, 0.6) is 17.2 Å². The molecule has 2 aromatic rings. The van der Waals surface area contributed by atoms with Gasteiger partial charge in [0.05, 0.1) is 7.11 Å². The van der Waals surface area contributed by atoms with Gasteiger partial charge < -0.3 is 19.1 Å². The number of hydrogen-bond donors (Lipinski definition) is 0. The molecule has 0 N–H and O–H groups in total. The minimum Gasteiger partial charge on any atom is -0.494 e. The van der Waals surface area contributed by atoms with Gasteiger partial charge in [0.1, 0.15) is 0 Å². The molecule has 6 heteroatoms. The topological polar surface area (TPSA) is 48.0 Å². The fraction of sp³-hybridized carbons (Fsp3) is 0.250. The minimum atomic E-state index is -0.440. The molecule has 0 saturated heterocycles. The number of hydrogen-bond acceptors (Lipinski definition) is 4. The van der Waals surface area contributed by atoms with Gasteiger partial charge in [0.25, 0.3) is 0 Å². The van der Waals surface area contributed by atoms with Crippen LogP contribution in [0.15, 0.2) is 42.5 Å². The summed E-state index contributed by atoms with van der Waals surface area (Å²) in [7, 11) is 1.42. The SMILES string of the molecule is CCN(Cc1ccc(OC)c(F)c1)C(=O)/C=C/c1ccc2c(c1)OCO2. The number of fused-ring (bicyclic) bond motifs is 1. The summed E-state index contributed by atoms with van der Waals surface area (Å²) < 4.78 is 29.3. The van der Waals surface area contributed by atoms with E-state index in [1.807, 2.05) is 25.1 Å². The average Bonchev–Trinajstić information content (AvgIpc) is 3.12. The molecule has 0 bridgehead atoms. The summed E-state index contributed by atoms with van der Waals surface area (Å²) in [5.41, 5.74) is 1.55. The van der Waals surface area contributed by atoms with Gasteiger partial charge in [0.2, 0.25) is 12.7 Å². The predicted octanol–water partition coefficient (Wildman–Crippen LogP) is 3.62. The van der Waals surface area contributed by atoms with E-state index in [0.717, 1.165) is 5.56 Å². The molecule has 1 aliphatic heterocycles. The summed E-state index contributed by atoms with van der Waals surface area (Å²) in [6.45, 7) is 2.93. The largest absolute Gasteiger partial charge is 0.494 e. The van der Waals surface area contributed by atoms with Gasteiger partial charge in [-0.25, -0.2) is 4.39 Å². The summed E-state index contributed by atoms with van der Waals surface area (Å²) in [4.78, 5) is 14.1. The van der Waals surface area contributed by atoms with Crippen LogP contribution in [0.2, 0.25) is 0 Å². The molecule has 5 nitrogen and oxygen atoms in total. The van der Waals surface area contributed by atoms with Crippen molar-refractivity contribution in [3.63, 3.8) is 0 Å². The van der Waals surface area contributed by atoms with E-state index in [4.69, 9.17) is 14.2 Å². The van der Waals surface area contributed by atoms with Crippen LogP contribution in [0.3, 0.4) is 0 Å². The number of methoxy groups -OCH3 is 1. The van der Waals surface area contributed by atoms with E-state index in [0.29, 0.717) is 30.2 Å². The molecule has 26 heavy (non-hydrogen) atoms. The Morgan fingerprint density at radius 1 is 1.23 bits per heavy atom. The highest BCUT2D eigenvalue weighted by atomic mass is 19.1. The zero-order valence-corrected chi connectivity index (χ0v) is 14.7. The van der Waals surface area contributed by atoms with Crippen LogP contribution < -0.4 is 14.2 Å². The van der Waals surface area contributed by atoms with Crippen molar-refractivity contribution in [2.75, 3.05) is 20.4 Å². The maximum atomic E-state index is 13.8. The van der Waals surface area contributed by atoms with Crippen LogP contribution in [0.1, 0.15) is 18.1 Å². The van der Waals surface area contributed by atoms with Crippen LogP contribution in [-0.2, 0) is 11.3 Å². The van der Waals surface area contributed by atoms with Gasteiger partial charge in [-0.1, -0.05) is 12.1 Å². The molecule has 0 unspecified atom stereocenters. The molecule has 0 spiro atoms. The molecule has 2 aromatic carbocycles. The lowest BCUT2D eigenvalue weighted by Crippen LogP contribution is -2.28. The monoisotopic (exact) mass is 357 g/mol. The van der Waals surface area contributed by atoms with Crippen molar-refractivity contribution in [1.82, 2.24) is 4.90 Å². The Balaban J connectivity index is 1.67. The Bertz CT molecular complexity index is 835. The lowest BCUT2D eigenvalue weighted by atomic mass is 10.1. The van der Waals surface area contributed by atoms with Crippen molar-refractivity contribution in [2.45, 2.75) is 13.5 Å². The fourth-order valence-corrected chi connectivity index (χ4v) is 2.66. The number of rotatable bonds is 6. The lowest BCUT2D eigenvalue weighted by molar-refractivity contribution is -0.126. The number of nitrogens with zero attached hydrogens (tertiary/aromatic N) is 1. The van der Waals surface area contributed by atoms with Crippen molar-refractivity contribution in [3.05, 3.63) is 59.4 Å². The van der Waals surface area contributed by atoms with E-state index in [9.17, 15) is 9.18 Å². The third-order valence-electron chi connectivity index (χ3n) is 4.10. The molecule has 0 aromatic heterocycles. The zero-order chi connectivity index (χ0) is 18.5. The molecule has 1 aliphatic rings. The van der Waals surface area contributed by atoms with E-state index in [1.54, 1.807) is 23.1 Å². The summed E-state index contributed by atoms with van der Waals surface area (Å²) in [5.74, 6) is 0.961. The van der Waals surface area contributed by atoms with Crippen LogP contribution >= 0.6 is 0 Å². The Morgan fingerprint density at radius 2 is 2.04 bits per heavy atom. The number of carbonyl (C=O) groups is 1. The third-order valence-corrected chi connectivity index (χ3v) is 4.10. The second kappa shape index (κ2) is 7.91. The van der Waals surface area contributed by atoms with Gasteiger partial charge in [-0.2, -0.15) is 0 Å². The van der Waals surface area contributed by atoms with Crippen molar-refractivity contribution in [2.24, 2.45) is 0 Å². The van der Waals surface area contributed by atoms with Crippen molar-refractivity contribution < 1.29 is 23.4 Å². The maximum absolute atomic E-state index is 13.8. The molecule has 0 aliphatic carbocycles. The Labute approximate surface area is 151 Å². The highest BCUT2D eigenvalue weighted by Crippen LogP contribution is 2.32. The molecule has 136 valence electrons.